The number of carbonyl (C=O) groups is 1. The predicted octanol–water partition coefficient (Wildman–Crippen LogP) is 2.46. The number of piperidine rings is 1. The highest BCUT2D eigenvalue weighted by Crippen LogP contribution is 2.19. The van der Waals surface area contributed by atoms with Crippen molar-refractivity contribution in [2.75, 3.05) is 26.3 Å². The van der Waals surface area contributed by atoms with E-state index in [1.165, 1.54) is 18.4 Å². The second-order valence-corrected chi connectivity index (χ2v) is 7.48. The minimum absolute atomic E-state index is 0.198. The van der Waals surface area contributed by atoms with Crippen molar-refractivity contribution < 1.29 is 14.3 Å². The van der Waals surface area contributed by atoms with Gasteiger partial charge in [0.25, 0.3) is 5.91 Å². The van der Waals surface area contributed by atoms with Crippen LogP contribution in [0.3, 0.4) is 0 Å². The van der Waals surface area contributed by atoms with Crippen molar-refractivity contribution in [1.29, 1.82) is 0 Å². The van der Waals surface area contributed by atoms with Crippen molar-refractivity contribution in [3.8, 4) is 0 Å². The molecule has 1 fully saturated rings. The molecule has 1 saturated heterocycles. The molecule has 0 aliphatic carbocycles. The first-order valence-electron chi connectivity index (χ1n) is 10.9. The summed E-state index contributed by atoms with van der Waals surface area (Å²) in [5.74, 6) is -0.198. The predicted molar refractivity (Wildman–Crippen MR) is 114 cm³/mol. The lowest BCUT2D eigenvalue weighted by molar-refractivity contribution is -0.145. The summed E-state index contributed by atoms with van der Waals surface area (Å²) in [6, 6.07) is 10.8. The summed E-state index contributed by atoms with van der Waals surface area (Å²) in [6.07, 6.45) is 4.73. The lowest BCUT2D eigenvalue weighted by Crippen LogP contribution is -2.46. The molecule has 0 spiro atoms. The van der Waals surface area contributed by atoms with Crippen LogP contribution < -0.4 is 5.32 Å². The Morgan fingerprint density at radius 2 is 1.97 bits per heavy atom. The van der Waals surface area contributed by atoms with Gasteiger partial charge < -0.3 is 14.8 Å². The van der Waals surface area contributed by atoms with Gasteiger partial charge in [0.05, 0.1) is 12.7 Å². The molecule has 8 nitrogen and oxygen atoms in total. The van der Waals surface area contributed by atoms with E-state index in [4.69, 9.17) is 9.47 Å². The normalized spacial score (nSPS) is 17.4. The average molecular weight is 416 g/mol. The monoisotopic (exact) mass is 415 g/mol. The molecular formula is C22H33N5O3. The van der Waals surface area contributed by atoms with Crippen molar-refractivity contribution in [1.82, 2.24) is 25.2 Å². The van der Waals surface area contributed by atoms with E-state index in [9.17, 15) is 4.79 Å². The van der Waals surface area contributed by atoms with E-state index in [0.29, 0.717) is 38.0 Å². The van der Waals surface area contributed by atoms with Crippen LogP contribution in [0, 0.1) is 0 Å². The largest absolute Gasteiger partial charge is 0.351 e. The van der Waals surface area contributed by atoms with Gasteiger partial charge in [0, 0.05) is 32.3 Å². The Kier molecular flexibility index (Phi) is 8.80. The van der Waals surface area contributed by atoms with Gasteiger partial charge in [-0.05, 0) is 38.8 Å². The van der Waals surface area contributed by atoms with E-state index in [0.717, 1.165) is 19.5 Å². The number of hydrogen-bond donors (Lipinski definition) is 1. The Morgan fingerprint density at radius 1 is 1.20 bits per heavy atom. The Balaban J connectivity index is 1.52. The number of benzene rings is 1. The maximum absolute atomic E-state index is 12.6. The third-order valence-corrected chi connectivity index (χ3v) is 5.29. The molecule has 0 bridgehead atoms. The molecule has 2 aromatic rings. The van der Waals surface area contributed by atoms with Crippen LogP contribution in [0.15, 0.2) is 36.5 Å². The van der Waals surface area contributed by atoms with Gasteiger partial charge in [0.1, 0.15) is 0 Å². The third kappa shape index (κ3) is 6.62. The van der Waals surface area contributed by atoms with Crippen LogP contribution in [-0.2, 0) is 22.6 Å². The van der Waals surface area contributed by atoms with Gasteiger partial charge >= 0.3 is 0 Å². The molecule has 2 heterocycles. The summed E-state index contributed by atoms with van der Waals surface area (Å²) in [5, 5.41) is 11.1. The molecule has 30 heavy (non-hydrogen) atoms. The Morgan fingerprint density at radius 3 is 2.70 bits per heavy atom. The fourth-order valence-electron chi connectivity index (χ4n) is 3.79. The van der Waals surface area contributed by atoms with Gasteiger partial charge in [-0.1, -0.05) is 42.0 Å². The summed E-state index contributed by atoms with van der Waals surface area (Å²) >= 11 is 0. The molecule has 164 valence electrons. The number of hydrogen-bond acceptors (Lipinski definition) is 6. The highest BCUT2D eigenvalue weighted by molar-refractivity contribution is 5.91. The summed E-state index contributed by atoms with van der Waals surface area (Å²) in [7, 11) is 0. The molecule has 1 N–H and O–H groups in total. The number of nitrogens with one attached hydrogen (secondary N) is 1. The maximum atomic E-state index is 12.6. The first-order chi connectivity index (χ1) is 14.7. The van der Waals surface area contributed by atoms with E-state index in [2.05, 4.69) is 44.8 Å². The van der Waals surface area contributed by atoms with Crippen molar-refractivity contribution in [2.24, 2.45) is 0 Å². The Bertz CT molecular complexity index is 761. The standard InChI is InChI=1S/C22H33N5O3/c1-3-29-21(30-4-2)17-27-16-20(24-25-27)22(28)23-14-19-12-8-9-13-26(19)15-18-10-6-5-7-11-18/h5-7,10-11,16,19,21H,3-4,8-9,12-15,17H2,1-2H3,(H,23,28). The minimum atomic E-state index is -0.397. The molecule has 1 aliphatic rings. The number of ether oxygens (including phenoxy) is 2. The van der Waals surface area contributed by atoms with Crippen LogP contribution >= 0.6 is 0 Å². The van der Waals surface area contributed by atoms with E-state index in [1.54, 1.807) is 10.9 Å². The van der Waals surface area contributed by atoms with Crippen LogP contribution in [0.25, 0.3) is 0 Å². The maximum Gasteiger partial charge on any atom is 0.273 e. The summed E-state index contributed by atoms with van der Waals surface area (Å²) in [5.41, 5.74) is 1.61. The number of rotatable bonds is 11. The molecular weight excluding hydrogens is 382 g/mol. The van der Waals surface area contributed by atoms with E-state index < -0.39 is 6.29 Å². The van der Waals surface area contributed by atoms with Crippen LogP contribution in [0.2, 0.25) is 0 Å². The van der Waals surface area contributed by atoms with Gasteiger partial charge in [-0.25, -0.2) is 4.68 Å². The molecule has 1 unspecified atom stereocenters. The molecule has 1 aromatic heterocycles. The lowest BCUT2D eigenvalue weighted by atomic mass is 10.0. The van der Waals surface area contributed by atoms with E-state index in [1.807, 2.05) is 19.9 Å². The topological polar surface area (TPSA) is 81.5 Å². The lowest BCUT2D eigenvalue weighted by Gasteiger charge is -2.35. The minimum Gasteiger partial charge on any atom is -0.351 e. The van der Waals surface area contributed by atoms with Gasteiger partial charge in [-0.3, -0.25) is 9.69 Å². The number of amides is 1. The summed E-state index contributed by atoms with van der Waals surface area (Å²) in [6.45, 7) is 7.91. The molecule has 3 rings (SSSR count). The highest BCUT2D eigenvalue weighted by atomic mass is 16.7. The van der Waals surface area contributed by atoms with Crippen LogP contribution in [0.4, 0.5) is 0 Å². The van der Waals surface area contributed by atoms with Crippen LogP contribution in [-0.4, -0.2) is 64.4 Å². The molecule has 8 heteroatoms. The van der Waals surface area contributed by atoms with Gasteiger partial charge in [-0.2, -0.15) is 0 Å². The molecule has 1 aromatic carbocycles. The number of carbonyl (C=O) groups excluding carboxylic acids is 1. The molecule has 1 atom stereocenters. The quantitative estimate of drug-likeness (QED) is 0.568. The van der Waals surface area contributed by atoms with Crippen molar-refractivity contribution in [3.63, 3.8) is 0 Å². The fraction of sp³-hybridized carbons (Fsp3) is 0.591. The van der Waals surface area contributed by atoms with Crippen LogP contribution in [0.5, 0.6) is 0 Å². The smallest absolute Gasteiger partial charge is 0.273 e. The number of likely N-dealkylation sites (tertiary alicyclic amines) is 1. The van der Waals surface area contributed by atoms with E-state index in [-0.39, 0.29) is 5.91 Å². The molecule has 1 aliphatic heterocycles. The van der Waals surface area contributed by atoms with Gasteiger partial charge in [-0.15, -0.1) is 5.10 Å². The third-order valence-electron chi connectivity index (χ3n) is 5.29. The number of nitrogens with zero attached hydrogens (tertiary/aromatic N) is 4. The number of aromatic nitrogens is 3. The van der Waals surface area contributed by atoms with Crippen molar-refractivity contribution in [3.05, 3.63) is 47.8 Å². The second kappa shape index (κ2) is 11.8. The Hall–Kier alpha value is -2.29. The second-order valence-electron chi connectivity index (χ2n) is 7.48. The van der Waals surface area contributed by atoms with Crippen molar-refractivity contribution in [2.45, 2.75) is 58.5 Å². The van der Waals surface area contributed by atoms with Gasteiger partial charge in [0.15, 0.2) is 12.0 Å². The van der Waals surface area contributed by atoms with Crippen molar-refractivity contribution >= 4 is 5.91 Å². The van der Waals surface area contributed by atoms with E-state index >= 15 is 0 Å². The first kappa shape index (κ1) is 22.4. The highest BCUT2D eigenvalue weighted by Gasteiger charge is 2.23. The molecule has 0 radical (unpaired) electrons. The molecule has 0 saturated carbocycles. The average Bonchev–Trinajstić information content (AvgIpc) is 3.23. The summed E-state index contributed by atoms with van der Waals surface area (Å²) < 4.78 is 12.6. The fourth-order valence-corrected chi connectivity index (χ4v) is 3.79. The zero-order chi connectivity index (χ0) is 21.2. The SMILES string of the molecule is CCOC(Cn1cc(C(=O)NCC2CCCCN2Cc2ccccc2)nn1)OCC. The van der Waals surface area contributed by atoms with Crippen LogP contribution in [0.1, 0.15) is 49.2 Å². The molecule has 1 amide bonds. The van der Waals surface area contributed by atoms with Gasteiger partial charge in [0.2, 0.25) is 0 Å². The summed E-state index contributed by atoms with van der Waals surface area (Å²) in [4.78, 5) is 15.1. The Labute approximate surface area is 178 Å². The zero-order valence-corrected chi connectivity index (χ0v) is 18.0. The zero-order valence-electron chi connectivity index (χ0n) is 18.0. The first-order valence-corrected chi connectivity index (χ1v) is 10.9.